The van der Waals surface area contributed by atoms with E-state index in [1.807, 2.05) is 6.92 Å². The average Bonchev–Trinajstić information content (AvgIpc) is 2.81. The van der Waals surface area contributed by atoms with Gasteiger partial charge in [-0.1, -0.05) is 6.92 Å². The zero-order chi connectivity index (χ0) is 13.8. The summed E-state index contributed by atoms with van der Waals surface area (Å²) in [6.07, 6.45) is 4.34. The number of nitrogens with one attached hydrogen (secondary N) is 1. The van der Waals surface area contributed by atoms with Crippen LogP contribution < -0.4 is 10.9 Å². The van der Waals surface area contributed by atoms with Crippen LogP contribution in [0.25, 0.3) is 0 Å². The summed E-state index contributed by atoms with van der Waals surface area (Å²) in [5.41, 5.74) is -0.0514. The average molecular weight is 277 g/mol. The van der Waals surface area contributed by atoms with Crippen LogP contribution in [0.3, 0.4) is 0 Å². The topological polar surface area (TPSA) is 46.9 Å². The Bertz CT molecular complexity index is 603. The van der Waals surface area contributed by atoms with E-state index in [0.29, 0.717) is 5.82 Å². The molecule has 4 nitrogen and oxygen atoms in total. The molecule has 0 radical (unpaired) electrons. The Balaban J connectivity index is 2.19. The molecule has 0 aliphatic heterocycles. The second-order valence-electron chi connectivity index (χ2n) is 4.59. The van der Waals surface area contributed by atoms with Crippen LogP contribution >= 0.6 is 11.3 Å². The van der Waals surface area contributed by atoms with Crippen LogP contribution in [0.5, 0.6) is 0 Å². The standard InChI is InChI=1S/C14H19N3OS/c1-4-8-17-9-7-15-13(14(17)18)16-11(3)12-6-5-10(2)19-12/h5-7,9,11H,4,8H2,1-3H3,(H,15,16). The van der Waals surface area contributed by atoms with E-state index in [2.05, 4.69) is 36.3 Å². The molecule has 0 saturated heterocycles. The highest BCUT2D eigenvalue weighted by Gasteiger charge is 2.11. The third-order valence-corrected chi connectivity index (χ3v) is 4.10. The Kier molecular flexibility index (Phi) is 4.37. The largest absolute Gasteiger partial charge is 0.358 e. The Hall–Kier alpha value is -1.62. The Labute approximate surface area is 117 Å². The van der Waals surface area contributed by atoms with Crippen molar-refractivity contribution in [3.63, 3.8) is 0 Å². The van der Waals surface area contributed by atoms with Gasteiger partial charge in [0.2, 0.25) is 0 Å². The smallest absolute Gasteiger partial charge is 0.293 e. The van der Waals surface area contributed by atoms with Gasteiger partial charge in [-0.25, -0.2) is 4.98 Å². The molecule has 1 unspecified atom stereocenters. The highest BCUT2D eigenvalue weighted by Crippen LogP contribution is 2.24. The Morgan fingerprint density at radius 3 is 2.89 bits per heavy atom. The fraction of sp³-hybridized carbons (Fsp3) is 0.429. The first kappa shape index (κ1) is 13.8. The Morgan fingerprint density at radius 2 is 2.26 bits per heavy atom. The maximum Gasteiger partial charge on any atom is 0.293 e. The third-order valence-electron chi connectivity index (χ3n) is 2.92. The van der Waals surface area contributed by atoms with Crippen molar-refractivity contribution in [3.8, 4) is 0 Å². The SMILES string of the molecule is CCCn1ccnc(NC(C)c2ccc(C)s2)c1=O. The molecular weight excluding hydrogens is 258 g/mol. The number of anilines is 1. The van der Waals surface area contributed by atoms with Crippen molar-refractivity contribution in [1.82, 2.24) is 9.55 Å². The molecule has 0 aromatic carbocycles. The van der Waals surface area contributed by atoms with Gasteiger partial charge in [-0.05, 0) is 32.4 Å². The zero-order valence-corrected chi connectivity index (χ0v) is 12.3. The molecule has 19 heavy (non-hydrogen) atoms. The van der Waals surface area contributed by atoms with Gasteiger partial charge in [0.15, 0.2) is 5.82 Å². The van der Waals surface area contributed by atoms with Crippen LogP contribution in [0.15, 0.2) is 29.3 Å². The molecule has 0 aliphatic carbocycles. The van der Waals surface area contributed by atoms with Gasteiger partial charge in [-0.15, -0.1) is 11.3 Å². The summed E-state index contributed by atoms with van der Waals surface area (Å²) < 4.78 is 1.70. The van der Waals surface area contributed by atoms with E-state index in [4.69, 9.17) is 0 Å². The summed E-state index contributed by atoms with van der Waals surface area (Å²) in [6.45, 7) is 6.90. The highest BCUT2D eigenvalue weighted by molar-refractivity contribution is 7.12. The second kappa shape index (κ2) is 6.02. The molecule has 102 valence electrons. The summed E-state index contributed by atoms with van der Waals surface area (Å²) in [6, 6.07) is 4.27. The first-order valence-electron chi connectivity index (χ1n) is 6.50. The molecular formula is C14H19N3OS. The minimum Gasteiger partial charge on any atom is -0.358 e. The van der Waals surface area contributed by atoms with Crippen molar-refractivity contribution < 1.29 is 0 Å². The lowest BCUT2D eigenvalue weighted by Crippen LogP contribution is -2.25. The van der Waals surface area contributed by atoms with Crippen molar-refractivity contribution in [2.45, 2.75) is 39.8 Å². The lowest BCUT2D eigenvalue weighted by molar-refractivity contribution is 0.648. The van der Waals surface area contributed by atoms with Crippen molar-refractivity contribution in [3.05, 3.63) is 44.6 Å². The molecule has 5 heteroatoms. The van der Waals surface area contributed by atoms with Gasteiger partial charge in [-0.2, -0.15) is 0 Å². The van der Waals surface area contributed by atoms with E-state index < -0.39 is 0 Å². The van der Waals surface area contributed by atoms with Crippen LogP contribution in [-0.2, 0) is 6.54 Å². The van der Waals surface area contributed by atoms with Gasteiger partial charge in [0.1, 0.15) is 0 Å². The van der Waals surface area contributed by atoms with Gasteiger partial charge < -0.3 is 9.88 Å². The predicted molar refractivity (Wildman–Crippen MR) is 79.9 cm³/mol. The number of aryl methyl sites for hydroxylation is 2. The van der Waals surface area contributed by atoms with Crippen LogP contribution in [0, 0.1) is 6.92 Å². The van der Waals surface area contributed by atoms with Gasteiger partial charge in [-0.3, -0.25) is 4.79 Å². The normalized spacial score (nSPS) is 12.4. The molecule has 0 fully saturated rings. The number of hydrogen-bond donors (Lipinski definition) is 1. The van der Waals surface area contributed by atoms with Crippen molar-refractivity contribution in [1.29, 1.82) is 0 Å². The quantitative estimate of drug-likeness (QED) is 0.913. The van der Waals surface area contributed by atoms with Crippen molar-refractivity contribution >= 4 is 17.2 Å². The lowest BCUT2D eigenvalue weighted by atomic mass is 10.3. The van der Waals surface area contributed by atoms with E-state index in [9.17, 15) is 4.79 Å². The Morgan fingerprint density at radius 1 is 1.47 bits per heavy atom. The van der Waals surface area contributed by atoms with E-state index in [1.54, 1.807) is 28.3 Å². The van der Waals surface area contributed by atoms with Gasteiger partial charge in [0.05, 0.1) is 6.04 Å². The molecule has 0 aliphatic rings. The monoisotopic (exact) mass is 277 g/mol. The maximum absolute atomic E-state index is 12.2. The van der Waals surface area contributed by atoms with Crippen LogP contribution in [-0.4, -0.2) is 9.55 Å². The summed E-state index contributed by atoms with van der Waals surface area (Å²) in [5.74, 6) is 0.425. The fourth-order valence-corrected chi connectivity index (χ4v) is 2.81. The van der Waals surface area contributed by atoms with Crippen molar-refractivity contribution in [2.24, 2.45) is 0 Å². The molecule has 0 amide bonds. The van der Waals surface area contributed by atoms with Crippen LogP contribution in [0.1, 0.15) is 36.1 Å². The van der Waals surface area contributed by atoms with Crippen LogP contribution in [0.4, 0.5) is 5.82 Å². The first-order valence-corrected chi connectivity index (χ1v) is 7.31. The number of aromatic nitrogens is 2. The van der Waals surface area contributed by atoms with Crippen LogP contribution in [0.2, 0.25) is 0 Å². The number of rotatable bonds is 5. The summed E-state index contributed by atoms with van der Waals surface area (Å²) >= 11 is 1.74. The molecule has 2 heterocycles. The molecule has 0 spiro atoms. The zero-order valence-electron chi connectivity index (χ0n) is 11.5. The van der Waals surface area contributed by atoms with E-state index in [1.165, 1.54) is 9.75 Å². The van der Waals surface area contributed by atoms with E-state index in [-0.39, 0.29) is 11.6 Å². The molecule has 2 aromatic rings. The highest BCUT2D eigenvalue weighted by atomic mass is 32.1. The van der Waals surface area contributed by atoms with E-state index >= 15 is 0 Å². The molecule has 2 aromatic heterocycles. The van der Waals surface area contributed by atoms with Gasteiger partial charge in [0, 0.05) is 28.7 Å². The molecule has 0 bridgehead atoms. The third kappa shape index (κ3) is 3.23. The second-order valence-corrected chi connectivity index (χ2v) is 5.91. The number of thiophene rings is 1. The summed E-state index contributed by atoms with van der Waals surface area (Å²) in [4.78, 5) is 18.8. The molecule has 2 rings (SSSR count). The van der Waals surface area contributed by atoms with E-state index in [0.717, 1.165) is 13.0 Å². The summed E-state index contributed by atoms with van der Waals surface area (Å²) in [5, 5.41) is 3.20. The minimum absolute atomic E-state index is 0.0514. The molecule has 1 N–H and O–H groups in total. The predicted octanol–water partition coefficient (Wildman–Crippen LogP) is 3.20. The molecule has 1 atom stereocenters. The van der Waals surface area contributed by atoms with Gasteiger partial charge in [0.25, 0.3) is 5.56 Å². The fourth-order valence-electron chi connectivity index (χ4n) is 1.93. The maximum atomic E-state index is 12.2. The molecule has 0 saturated carbocycles. The number of nitrogens with zero attached hydrogens (tertiary/aromatic N) is 2. The first-order chi connectivity index (χ1) is 9.11. The lowest BCUT2D eigenvalue weighted by Gasteiger charge is -2.13. The van der Waals surface area contributed by atoms with Crippen molar-refractivity contribution in [2.75, 3.05) is 5.32 Å². The minimum atomic E-state index is -0.0514. The number of hydrogen-bond acceptors (Lipinski definition) is 4. The summed E-state index contributed by atoms with van der Waals surface area (Å²) in [7, 11) is 0. The van der Waals surface area contributed by atoms with Gasteiger partial charge >= 0.3 is 0 Å².